The highest BCUT2D eigenvalue weighted by Crippen LogP contribution is 2.48. The van der Waals surface area contributed by atoms with Gasteiger partial charge in [0.15, 0.2) is 0 Å². The summed E-state index contributed by atoms with van der Waals surface area (Å²) in [6.45, 7) is 4.23. The molecule has 108 valence electrons. The Kier molecular flexibility index (Phi) is 4.88. The largest absolute Gasteiger partial charge is 0.387 e. The number of nitriles is 1. The second-order valence-corrected chi connectivity index (χ2v) is 6.90. The van der Waals surface area contributed by atoms with Crippen LogP contribution < -0.4 is 0 Å². The lowest BCUT2D eigenvalue weighted by atomic mass is 9.66. The quantitative estimate of drug-likeness (QED) is 0.853. The summed E-state index contributed by atoms with van der Waals surface area (Å²) in [4.78, 5) is 0. The van der Waals surface area contributed by atoms with Crippen molar-refractivity contribution in [2.45, 2.75) is 52.1 Å². The summed E-state index contributed by atoms with van der Waals surface area (Å²) in [7, 11) is 0. The molecule has 0 heterocycles. The van der Waals surface area contributed by atoms with E-state index in [0.717, 1.165) is 41.3 Å². The van der Waals surface area contributed by atoms with Crippen molar-refractivity contribution in [3.05, 3.63) is 33.8 Å². The fourth-order valence-corrected chi connectivity index (χ4v) is 3.91. The molecule has 0 bridgehead atoms. The van der Waals surface area contributed by atoms with Gasteiger partial charge in [0.05, 0.1) is 17.6 Å². The number of rotatable bonds is 3. The van der Waals surface area contributed by atoms with Crippen LogP contribution in [0.1, 0.15) is 56.3 Å². The third-order valence-electron chi connectivity index (χ3n) is 4.77. The first-order chi connectivity index (χ1) is 9.52. The SMILES string of the molecule is CCC1CCC(C#N)(C(O)c2ccc(C)cc2Br)CC1. The molecule has 1 aromatic carbocycles. The van der Waals surface area contributed by atoms with E-state index in [9.17, 15) is 10.4 Å². The Morgan fingerprint density at radius 1 is 1.45 bits per heavy atom. The van der Waals surface area contributed by atoms with E-state index in [1.807, 2.05) is 25.1 Å². The van der Waals surface area contributed by atoms with E-state index in [-0.39, 0.29) is 0 Å². The first kappa shape index (κ1) is 15.5. The minimum Gasteiger partial charge on any atom is -0.387 e. The summed E-state index contributed by atoms with van der Waals surface area (Å²) < 4.78 is 0.900. The topological polar surface area (TPSA) is 44.0 Å². The van der Waals surface area contributed by atoms with Gasteiger partial charge in [0.25, 0.3) is 0 Å². The van der Waals surface area contributed by atoms with E-state index in [4.69, 9.17) is 0 Å². The molecule has 1 atom stereocenters. The Bertz CT molecular complexity index is 512. The van der Waals surface area contributed by atoms with Crippen LogP contribution in [0, 0.1) is 29.6 Å². The normalized spacial score (nSPS) is 27.9. The standard InChI is InChI=1S/C17H22BrNO/c1-3-13-6-8-17(11-19,9-7-13)16(20)14-5-4-12(2)10-15(14)18/h4-5,10,13,16,20H,3,6-9H2,1-2H3. The van der Waals surface area contributed by atoms with Gasteiger partial charge in [-0.15, -0.1) is 0 Å². The number of nitrogens with zero attached hydrogens (tertiary/aromatic N) is 1. The number of halogens is 1. The molecule has 1 aliphatic rings. The van der Waals surface area contributed by atoms with Crippen LogP contribution in [0.3, 0.4) is 0 Å². The lowest BCUT2D eigenvalue weighted by Crippen LogP contribution is -2.32. The molecule has 1 unspecified atom stereocenters. The van der Waals surface area contributed by atoms with Gasteiger partial charge in [0.2, 0.25) is 0 Å². The summed E-state index contributed by atoms with van der Waals surface area (Å²) in [5, 5.41) is 20.4. The van der Waals surface area contributed by atoms with Crippen molar-refractivity contribution in [2.75, 3.05) is 0 Å². The van der Waals surface area contributed by atoms with Gasteiger partial charge in [-0.2, -0.15) is 5.26 Å². The zero-order valence-electron chi connectivity index (χ0n) is 12.2. The summed E-state index contributed by atoms with van der Waals surface area (Å²) in [5.74, 6) is 0.713. The van der Waals surface area contributed by atoms with E-state index >= 15 is 0 Å². The lowest BCUT2D eigenvalue weighted by molar-refractivity contribution is 0.0238. The van der Waals surface area contributed by atoms with Crippen molar-refractivity contribution >= 4 is 15.9 Å². The molecule has 20 heavy (non-hydrogen) atoms. The van der Waals surface area contributed by atoms with Gasteiger partial charge in [0, 0.05) is 4.47 Å². The van der Waals surface area contributed by atoms with Crippen LogP contribution in [0.5, 0.6) is 0 Å². The van der Waals surface area contributed by atoms with Crippen molar-refractivity contribution in [2.24, 2.45) is 11.3 Å². The van der Waals surface area contributed by atoms with Crippen LogP contribution in [-0.4, -0.2) is 5.11 Å². The van der Waals surface area contributed by atoms with E-state index < -0.39 is 11.5 Å². The molecular formula is C17H22BrNO. The van der Waals surface area contributed by atoms with Crippen molar-refractivity contribution in [3.63, 3.8) is 0 Å². The average Bonchev–Trinajstić information content (AvgIpc) is 2.46. The third-order valence-corrected chi connectivity index (χ3v) is 5.46. The van der Waals surface area contributed by atoms with Gasteiger partial charge < -0.3 is 5.11 Å². The van der Waals surface area contributed by atoms with Crippen LogP contribution in [-0.2, 0) is 0 Å². The zero-order chi connectivity index (χ0) is 14.8. The maximum Gasteiger partial charge on any atom is 0.0987 e. The van der Waals surface area contributed by atoms with Gasteiger partial charge in [-0.3, -0.25) is 0 Å². The van der Waals surface area contributed by atoms with Gasteiger partial charge in [-0.1, -0.05) is 41.4 Å². The van der Waals surface area contributed by atoms with Crippen molar-refractivity contribution < 1.29 is 5.11 Å². The molecule has 0 spiro atoms. The highest BCUT2D eigenvalue weighted by Gasteiger charge is 2.42. The smallest absolute Gasteiger partial charge is 0.0987 e. The zero-order valence-corrected chi connectivity index (χ0v) is 13.8. The average molecular weight is 336 g/mol. The lowest BCUT2D eigenvalue weighted by Gasteiger charge is -2.38. The Morgan fingerprint density at radius 2 is 2.10 bits per heavy atom. The molecule has 1 aromatic rings. The first-order valence-electron chi connectivity index (χ1n) is 7.38. The fourth-order valence-electron chi connectivity index (χ4n) is 3.20. The Hall–Kier alpha value is -0.850. The highest BCUT2D eigenvalue weighted by atomic mass is 79.9. The molecule has 0 saturated heterocycles. The highest BCUT2D eigenvalue weighted by molar-refractivity contribution is 9.10. The Labute approximate surface area is 129 Å². The van der Waals surface area contributed by atoms with Gasteiger partial charge >= 0.3 is 0 Å². The number of aryl methyl sites for hydroxylation is 1. The Morgan fingerprint density at radius 3 is 2.60 bits per heavy atom. The van der Waals surface area contributed by atoms with Crippen LogP contribution >= 0.6 is 15.9 Å². The van der Waals surface area contributed by atoms with E-state index in [0.29, 0.717) is 5.92 Å². The maximum atomic E-state index is 10.8. The van der Waals surface area contributed by atoms with Gasteiger partial charge in [-0.25, -0.2) is 0 Å². The number of hydrogen-bond acceptors (Lipinski definition) is 2. The molecule has 0 amide bonds. The molecule has 1 N–H and O–H groups in total. The monoisotopic (exact) mass is 335 g/mol. The minimum absolute atomic E-state index is 0.622. The maximum absolute atomic E-state index is 10.8. The summed E-state index contributed by atoms with van der Waals surface area (Å²) in [5.41, 5.74) is 1.37. The second-order valence-electron chi connectivity index (χ2n) is 6.05. The summed E-state index contributed by atoms with van der Waals surface area (Å²) >= 11 is 3.52. The van der Waals surface area contributed by atoms with Crippen molar-refractivity contribution in [1.82, 2.24) is 0 Å². The van der Waals surface area contributed by atoms with E-state index in [1.165, 1.54) is 6.42 Å². The van der Waals surface area contributed by atoms with Crippen molar-refractivity contribution in [1.29, 1.82) is 5.26 Å². The summed E-state index contributed by atoms with van der Waals surface area (Å²) in [6, 6.07) is 8.36. The van der Waals surface area contributed by atoms with Crippen molar-refractivity contribution in [3.8, 4) is 6.07 Å². The van der Waals surface area contributed by atoms with Gasteiger partial charge in [0.1, 0.15) is 0 Å². The van der Waals surface area contributed by atoms with Crippen LogP contribution in [0.15, 0.2) is 22.7 Å². The molecule has 0 aromatic heterocycles. The molecule has 3 heteroatoms. The molecule has 1 aliphatic carbocycles. The van der Waals surface area contributed by atoms with Crippen LogP contribution in [0.2, 0.25) is 0 Å². The molecular weight excluding hydrogens is 314 g/mol. The predicted octanol–water partition coefficient (Wildman–Crippen LogP) is 4.90. The van der Waals surface area contributed by atoms with Crippen LogP contribution in [0.4, 0.5) is 0 Å². The molecule has 1 fully saturated rings. The minimum atomic E-state index is -0.708. The summed E-state index contributed by atoms with van der Waals surface area (Å²) in [6.07, 6.45) is 4.15. The fraction of sp³-hybridized carbons (Fsp3) is 0.588. The van der Waals surface area contributed by atoms with E-state index in [2.05, 4.69) is 28.9 Å². The Balaban J connectivity index is 2.26. The number of aliphatic hydroxyl groups is 1. The molecule has 1 saturated carbocycles. The predicted molar refractivity (Wildman–Crippen MR) is 84.1 cm³/mol. The molecule has 2 nitrogen and oxygen atoms in total. The molecule has 0 radical (unpaired) electrons. The third kappa shape index (κ3) is 2.92. The van der Waals surface area contributed by atoms with E-state index in [1.54, 1.807) is 0 Å². The molecule has 0 aliphatic heterocycles. The number of hydrogen-bond donors (Lipinski definition) is 1. The van der Waals surface area contributed by atoms with Gasteiger partial charge in [-0.05, 0) is 55.7 Å². The number of benzene rings is 1. The first-order valence-corrected chi connectivity index (χ1v) is 8.17. The number of aliphatic hydroxyl groups excluding tert-OH is 1. The van der Waals surface area contributed by atoms with Crippen LogP contribution in [0.25, 0.3) is 0 Å². The second kappa shape index (κ2) is 6.28. The molecule has 2 rings (SSSR count).